The average Bonchev–Trinajstić information content (AvgIpc) is 2.49. The predicted octanol–water partition coefficient (Wildman–Crippen LogP) is 3.47. The van der Waals surface area contributed by atoms with E-state index < -0.39 is 0 Å². The molecule has 0 spiro atoms. The van der Waals surface area contributed by atoms with Crippen molar-refractivity contribution >= 4 is 0 Å². The minimum Gasteiger partial charge on any atom is -0.496 e. The van der Waals surface area contributed by atoms with Crippen LogP contribution in [0.1, 0.15) is 45.2 Å². The highest BCUT2D eigenvalue weighted by molar-refractivity contribution is 5.36. The number of methoxy groups -OCH3 is 1. The van der Waals surface area contributed by atoms with E-state index in [1.54, 1.807) is 7.11 Å². The first-order chi connectivity index (χ1) is 10.2. The molecule has 1 aliphatic heterocycles. The maximum Gasteiger partial charge on any atom is 0.123 e. The predicted molar refractivity (Wildman–Crippen MR) is 88.8 cm³/mol. The van der Waals surface area contributed by atoms with Crippen LogP contribution in [-0.2, 0) is 0 Å². The van der Waals surface area contributed by atoms with Crippen LogP contribution in [0.25, 0.3) is 0 Å². The van der Waals surface area contributed by atoms with Gasteiger partial charge in [0, 0.05) is 24.2 Å². The zero-order chi connectivity index (χ0) is 15.2. The van der Waals surface area contributed by atoms with Gasteiger partial charge in [0.05, 0.1) is 7.11 Å². The van der Waals surface area contributed by atoms with Gasteiger partial charge in [0.25, 0.3) is 0 Å². The number of hydrogen-bond acceptors (Lipinski definition) is 3. The summed E-state index contributed by atoms with van der Waals surface area (Å²) >= 11 is 0. The van der Waals surface area contributed by atoms with E-state index in [1.807, 2.05) is 6.07 Å². The molecular weight excluding hydrogens is 260 g/mol. The Bertz CT molecular complexity index is 435. The van der Waals surface area contributed by atoms with Gasteiger partial charge in [-0.15, -0.1) is 0 Å². The van der Waals surface area contributed by atoms with Crippen LogP contribution in [0.3, 0.4) is 0 Å². The van der Waals surface area contributed by atoms with E-state index in [9.17, 15) is 0 Å². The van der Waals surface area contributed by atoms with Gasteiger partial charge in [0.1, 0.15) is 5.75 Å². The summed E-state index contributed by atoms with van der Waals surface area (Å²) in [6.07, 6.45) is 2.62. The molecule has 0 aromatic heterocycles. The molecule has 1 aromatic carbocycles. The first-order valence-corrected chi connectivity index (χ1v) is 8.26. The smallest absolute Gasteiger partial charge is 0.123 e. The largest absolute Gasteiger partial charge is 0.496 e. The fraction of sp³-hybridized carbons (Fsp3) is 0.667. The topological polar surface area (TPSA) is 24.5 Å². The lowest BCUT2D eigenvalue weighted by Crippen LogP contribution is -2.44. The normalized spacial score (nSPS) is 24.8. The molecule has 0 bridgehead atoms. The molecule has 3 atom stereocenters. The highest BCUT2D eigenvalue weighted by atomic mass is 16.5. The van der Waals surface area contributed by atoms with E-state index in [0.717, 1.165) is 24.8 Å². The molecule has 0 radical (unpaired) electrons. The highest BCUT2D eigenvalue weighted by Crippen LogP contribution is 2.28. The molecule has 2 rings (SSSR count). The Labute approximate surface area is 129 Å². The Kier molecular flexibility index (Phi) is 6.07. The average molecular weight is 290 g/mol. The van der Waals surface area contributed by atoms with E-state index in [-0.39, 0.29) is 0 Å². The Morgan fingerprint density at radius 1 is 1.33 bits per heavy atom. The fourth-order valence-electron chi connectivity index (χ4n) is 3.44. The SMILES string of the molecule is CCNC(CN1CCC(C)CC1C)c1ccccc1OC. The summed E-state index contributed by atoms with van der Waals surface area (Å²) in [5, 5.41) is 3.63. The van der Waals surface area contributed by atoms with Gasteiger partial charge in [0.15, 0.2) is 0 Å². The molecule has 3 unspecified atom stereocenters. The molecule has 0 amide bonds. The molecule has 1 aromatic rings. The van der Waals surface area contributed by atoms with Gasteiger partial charge in [-0.1, -0.05) is 32.0 Å². The summed E-state index contributed by atoms with van der Waals surface area (Å²) < 4.78 is 5.55. The van der Waals surface area contributed by atoms with E-state index in [1.165, 1.54) is 24.9 Å². The lowest BCUT2D eigenvalue weighted by molar-refractivity contribution is 0.116. The van der Waals surface area contributed by atoms with Crippen LogP contribution in [-0.4, -0.2) is 37.7 Å². The first kappa shape index (κ1) is 16.3. The van der Waals surface area contributed by atoms with Crippen LogP contribution >= 0.6 is 0 Å². The second kappa shape index (κ2) is 7.81. The van der Waals surface area contributed by atoms with Crippen LogP contribution in [0.4, 0.5) is 0 Å². The molecule has 1 aliphatic rings. The van der Waals surface area contributed by atoms with Crippen molar-refractivity contribution in [3.8, 4) is 5.75 Å². The number of piperidine rings is 1. The Morgan fingerprint density at radius 3 is 2.76 bits per heavy atom. The minimum atomic E-state index is 0.335. The highest BCUT2D eigenvalue weighted by Gasteiger charge is 2.26. The summed E-state index contributed by atoms with van der Waals surface area (Å²) in [5.74, 6) is 1.85. The Morgan fingerprint density at radius 2 is 2.10 bits per heavy atom. The molecule has 21 heavy (non-hydrogen) atoms. The molecule has 3 nitrogen and oxygen atoms in total. The van der Waals surface area contributed by atoms with Gasteiger partial charge < -0.3 is 10.1 Å². The Balaban J connectivity index is 2.12. The van der Waals surface area contributed by atoms with Crippen LogP contribution in [0.2, 0.25) is 0 Å². The first-order valence-electron chi connectivity index (χ1n) is 8.26. The van der Waals surface area contributed by atoms with Crippen molar-refractivity contribution in [2.45, 2.75) is 45.7 Å². The van der Waals surface area contributed by atoms with E-state index in [0.29, 0.717) is 12.1 Å². The van der Waals surface area contributed by atoms with Crippen molar-refractivity contribution < 1.29 is 4.74 Å². The van der Waals surface area contributed by atoms with Gasteiger partial charge in [-0.05, 0) is 44.8 Å². The quantitative estimate of drug-likeness (QED) is 0.868. The van der Waals surface area contributed by atoms with Crippen LogP contribution < -0.4 is 10.1 Å². The van der Waals surface area contributed by atoms with Crippen molar-refractivity contribution in [1.82, 2.24) is 10.2 Å². The lowest BCUT2D eigenvalue weighted by Gasteiger charge is -2.39. The van der Waals surface area contributed by atoms with Crippen molar-refractivity contribution in [3.63, 3.8) is 0 Å². The van der Waals surface area contributed by atoms with E-state index in [4.69, 9.17) is 4.74 Å². The summed E-state index contributed by atoms with van der Waals surface area (Å²) in [7, 11) is 1.76. The minimum absolute atomic E-state index is 0.335. The summed E-state index contributed by atoms with van der Waals surface area (Å²) in [6.45, 7) is 10.1. The number of nitrogens with one attached hydrogen (secondary N) is 1. The molecule has 1 saturated heterocycles. The van der Waals surface area contributed by atoms with E-state index in [2.05, 4.69) is 49.2 Å². The third kappa shape index (κ3) is 4.21. The van der Waals surface area contributed by atoms with Crippen LogP contribution in [0.15, 0.2) is 24.3 Å². The second-order valence-electron chi connectivity index (χ2n) is 6.33. The maximum atomic E-state index is 5.55. The van der Waals surface area contributed by atoms with Gasteiger partial charge >= 0.3 is 0 Å². The number of nitrogens with zero attached hydrogens (tertiary/aromatic N) is 1. The van der Waals surface area contributed by atoms with Crippen molar-refractivity contribution in [3.05, 3.63) is 29.8 Å². The summed E-state index contributed by atoms with van der Waals surface area (Å²) in [6, 6.07) is 9.39. The zero-order valence-electron chi connectivity index (χ0n) is 13.9. The number of rotatable bonds is 6. The number of ether oxygens (including phenoxy) is 1. The maximum absolute atomic E-state index is 5.55. The standard InChI is InChI=1S/C18H30N2O/c1-5-19-17(16-8-6-7-9-18(16)21-4)13-20-11-10-14(2)12-15(20)3/h6-9,14-15,17,19H,5,10-13H2,1-4H3. The molecule has 1 heterocycles. The number of likely N-dealkylation sites (tertiary alicyclic amines) is 1. The summed E-state index contributed by atoms with van der Waals surface area (Å²) in [4.78, 5) is 2.62. The van der Waals surface area contributed by atoms with Crippen LogP contribution in [0, 0.1) is 5.92 Å². The van der Waals surface area contributed by atoms with Gasteiger partial charge in [0.2, 0.25) is 0 Å². The van der Waals surface area contributed by atoms with Crippen molar-refractivity contribution in [1.29, 1.82) is 0 Å². The molecule has 1 N–H and O–H groups in total. The number of hydrogen-bond donors (Lipinski definition) is 1. The zero-order valence-corrected chi connectivity index (χ0v) is 13.9. The van der Waals surface area contributed by atoms with Gasteiger partial charge in [-0.25, -0.2) is 0 Å². The third-order valence-electron chi connectivity index (χ3n) is 4.66. The van der Waals surface area contributed by atoms with Crippen molar-refractivity contribution in [2.75, 3.05) is 26.7 Å². The molecule has 1 fully saturated rings. The molecule has 0 aliphatic carbocycles. The number of likely N-dealkylation sites (N-methyl/N-ethyl adjacent to an activating group) is 1. The molecule has 0 saturated carbocycles. The fourth-order valence-corrected chi connectivity index (χ4v) is 3.44. The van der Waals surface area contributed by atoms with Gasteiger partial charge in [-0.3, -0.25) is 4.90 Å². The second-order valence-corrected chi connectivity index (χ2v) is 6.33. The monoisotopic (exact) mass is 290 g/mol. The number of para-hydroxylation sites is 1. The van der Waals surface area contributed by atoms with Gasteiger partial charge in [-0.2, -0.15) is 0 Å². The molecule has 118 valence electrons. The van der Waals surface area contributed by atoms with E-state index >= 15 is 0 Å². The Hall–Kier alpha value is -1.06. The van der Waals surface area contributed by atoms with Crippen molar-refractivity contribution in [2.24, 2.45) is 5.92 Å². The third-order valence-corrected chi connectivity index (χ3v) is 4.66. The summed E-state index contributed by atoms with van der Waals surface area (Å²) in [5.41, 5.74) is 1.27. The lowest BCUT2D eigenvalue weighted by atomic mass is 9.92. The van der Waals surface area contributed by atoms with Crippen LogP contribution in [0.5, 0.6) is 5.75 Å². The number of benzene rings is 1. The molecular formula is C18H30N2O. The molecule has 3 heteroatoms.